The zero-order chi connectivity index (χ0) is 17.3. The Bertz CT molecular complexity index is 803. The fraction of sp³-hybridized carbons (Fsp3) is 0.312. The molecule has 1 aliphatic rings. The van der Waals surface area contributed by atoms with Crippen molar-refractivity contribution >= 4 is 23.3 Å². The van der Waals surface area contributed by atoms with Gasteiger partial charge in [-0.05, 0) is 31.0 Å². The standard InChI is InChI=1S/C16H17FN4O3/c1-9-5-11(20-24-9)8-21(2)16(23)19-14-6-10-3-4-15(22)18-13(10)7-12(14)17/h5-7H,3-4,8H2,1-2H3,(H,18,22)(H,19,23). The van der Waals surface area contributed by atoms with Gasteiger partial charge in [0.2, 0.25) is 5.91 Å². The number of nitrogens with zero attached hydrogens (tertiary/aromatic N) is 2. The normalized spacial score (nSPS) is 13.2. The van der Waals surface area contributed by atoms with Gasteiger partial charge in [-0.3, -0.25) is 4.79 Å². The third kappa shape index (κ3) is 3.37. The van der Waals surface area contributed by atoms with Crippen LogP contribution in [-0.4, -0.2) is 29.0 Å². The predicted molar refractivity (Wildman–Crippen MR) is 85.1 cm³/mol. The van der Waals surface area contributed by atoms with Gasteiger partial charge in [-0.25, -0.2) is 9.18 Å². The molecule has 2 aromatic rings. The molecule has 0 saturated carbocycles. The van der Waals surface area contributed by atoms with Crippen molar-refractivity contribution in [1.82, 2.24) is 10.1 Å². The lowest BCUT2D eigenvalue weighted by molar-refractivity contribution is -0.116. The molecule has 2 heterocycles. The van der Waals surface area contributed by atoms with Crippen LogP contribution in [0.3, 0.4) is 0 Å². The third-order valence-electron chi connectivity index (χ3n) is 3.75. The Kier molecular flexibility index (Phi) is 4.20. The molecule has 0 atom stereocenters. The Labute approximate surface area is 137 Å². The number of urea groups is 1. The molecule has 1 aliphatic heterocycles. The summed E-state index contributed by atoms with van der Waals surface area (Å²) in [6, 6.07) is 4.04. The summed E-state index contributed by atoms with van der Waals surface area (Å²) in [5.41, 5.74) is 1.94. The predicted octanol–water partition coefficient (Wildman–Crippen LogP) is 2.67. The summed E-state index contributed by atoms with van der Waals surface area (Å²) in [4.78, 5) is 24.9. The molecule has 0 radical (unpaired) electrons. The summed E-state index contributed by atoms with van der Waals surface area (Å²) in [5.74, 6) is -0.0853. The molecule has 7 nitrogen and oxygen atoms in total. The number of aryl methyl sites for hydroxylation is 2. The van der Waals surface area contributed by atoms with E-state index >= 15 is 0 Å². The van der Waals surface area contributed by atoms with Crippen molar-refractivity contribution in [3.63, 3.8) is 0 Å². The summed E-state index contributed by atoms with van der Waals surface area (Å²) >= 11 is 0. The van der Waals surface area contributed by atoms with E-state index in [9.17, 15) is 14.0 Å². The van der Waals surface area contributed by atoms with Gasteiger partial charge in [-0.2, -0.15) is 0 Å². The first kappa shape index (κ1) is 16.0. The number of nitrogens with one attached hydrogen (secondary N) is 2. The lowest BCUT2D eigenvalue weighted by Crippen LogP contribution is -2.31. The van der Waals surface area contributed by atoms with E-state index in [2.05, 4.69) is 15.8 Å². The first-order chi connectivity index (χ1) is 11.4. The van der Waals surface area contributed by atoms with E-state index in [0.717, 1.165) is 5.56 Å². The number of benzene rings is 1. The topological polar surface area (TPSA) is 87.5 Å². The van der Waals surface area contributed by atoms with Crippen LogP contribution in [0.5, 0.6) is 0 Å². The Morgan fingerprint density at radius 1 is 1.42 bits per heavy atom. The fourth-order valence-electron chi connectivity index (χ4n) is 2.52. The minimum absolute atomic E-state index is 0.0816. The number of hydrogen-bond acceptors (Lipinski definition) is 4. The summed E-state index contributed by atoms with van der Waals surface area (Å²) in [7, 11) is 1.58. The van der Waals surface area contributed by atoms with Crippen molar-refractivity contribution in [3.8, 4) is 0 Å². The zero-order valence-corrected chi connectivity index (χ0v) is 13.4. The number of fused-ring (bicyclic) bond motifs is 1. The quantitative estimate of drug-likeness (QED) is 0.904. The third-order valence-corrected chi connectivity index (χ3v) is 3.75. The smallest absolute Gasteiger partial charge is 0.322 e. The van der Waals surface area contributed by atoms with Crippen LogP contribution < -0.4 is 10.6 Å². The van der Waals surface area contributed by atoms with E-state index in [1.165, 1.54) is 11.0 Å². The van der Waals surface area contributed by atoms with Crippen LogP contribution in [0.1, 0.15) is 23.4 Å². The SMILES string of the molecule is Cc1cc(CN(C)C(=O)Nc2cc3c(cc2F)NC(=O)CC3)no1. The number of anilines is 2. The Balaban J connectivity index is 1.71. The molecule has 0 saturated heterocycles. The van der Waals surface area contributed by atoms with Crippen molar-refractivity contribution < 1.29 is 18.5 Å². The maximum absolute atomic E-state index is 14.1. The van der Waals surface area contributed by atoms with E-state index in [-0.39, 0.29) is 18.1 Å². The van der Waals surface area contributed by atoms with Gasteiger partial charge in [0.15, 0.2) is 0 Å². The van der Waals surface area contributed by atoms with Crippen LogP contribution in [0.15, 0.2) is 22.7 Å². The van der Waals surface area contributed by atoms with Gasteiger partial charge in [0.1, 0.15) is 17.3 Å². The van der Waals surface area contributed by atoms with Gasteiger partial charge in [0, 0.05) is 25.2 Å². The molecule has 2 N–H and O–H groups in total. The van der Waals surface area contributed by atoms with Crippen molar-refractivity contribution in [2.75, 3.05) is 17.7 Å². The first-order valence-electron chi connectivity index (χ1n) is 7.49. The molecule has 24 heavy (non-hydrogen) atoms. The summed E-state index contributed by atoms with van der Waals surface area (Å²) < 4.78 is 19.1. The highest BCUT2D eigenvalue weighted by Gasteiger charge is 2.19. The molecule has 126 valence electrons. The average Bonchev–Trinajstić information content (AvgIpc) is 2.93. The fourth-order valence-corrected chi connectivity index (χ4v) is 2.52. The number of amides is 3. The summed E-state index contributed by atoms with van der Waals surface area (Å²) in [5, 5.41) is 8.97. The van der Waals surface area contributed by atoms with Gasteiger partial charge in [0.25, 0.3) is 0 Å². The second-order valence-electron chi connectivity index (χ2n) is 5.75. The Morgan fingerprint density at radius 2 is 2.21 bits per heavy atom. The summed E-state index contributed by atoms with van der Waals surface area (Å²) in [6.45, 7) is 2.00. The highest BCUT2D eigenvalue weighted by molar-refractivity contribution is 5.95. The zero-order valence-electron chi connectivity index (χ0n) is 13.4. The van der Waals surface area contributed by atoms with E-state index < -0.39 is 11.8 Å². The number of carbonyl (C=O) groups excluding carboxylic acids is 2. The minimum Gasteiger partial charge on any atom is -0.361 e. The Morgan fingerprint density at radius 3 is 2.92 bits per heavy atom. The number of hydrogen-bond donors (Lipinski definition) is 2. The first-order valence-corrected chi connectivity index (χ1v) is 7.49. The van der Waals surface area contributed by atoms with Crippen LogP contribution in [-0.2, 0) is 17.8 Å². The summed E-state index contributed by atoms with van der Waals surface area (Å²) in [6.07, 6.45) is 0.857. The molecule has 3 rings (SSSR count). The molecule has 0 aliphatic carbocycles. The largest absolute Gasteiger partial charge is 0.361 e. The highest BCUT2D eigenvalue weighted by atomic mass is 19.1. The molecule has 0 spiro atoms. The van der Waals surface area contributed by atoms with Gasteiger partial charge in [-0.15, -0.1) is 0 Å². The molecule has 0 bridgehead atoms. The maximum Gasteiger partial charge on any atom is 0.322 e. The number of carbonyl (C=O) groups is 2. The molecule has 3 amide bonds. The molecular formula is C16H17FN4O3. The van der Waals surface area contributed by atoms with Gasteiger partial charge < -0.3 is 20.1 Å². The number of aromatic nitrogens is 1. The average molecular weight is 332 g/mol. The highest BCUT2D eigenvalue weighted by Crippen LogP contribution is 2.28. The van der Waals surface area contributed by atoms with Gasteiger partial charge in [0.05, 0.1) is 12.2 Å². The van der Waals surface area contributed by atoms with Crippen LogP contribution in [0.2, 0.25) is 0 Å². The monoisotopic (exact) mass is 332 g/mol. The van der Waals surface area contributed by atoms with Crippen LogP contribution >= 0.6 is 0 Å². The number of rotatable bonds is 3. The van der Waals surface area contributed by atoms with Crippen LogP contribution in [0.25, 0.3) is 0 Å². The van der Waals surface area contributed by atoms with Crippen molar-refractivity contribution in [1.29, 1.82) is 0 Å². The molecule has 8 heteroatoms. The molecule has 1 aromatic carbocycles. The van der Waals surface area contributed by atoms with E-state index in [1.807, 2.05) is 0 Å². The van der Waals surface area contributed by atoms with Crippen LogP contribution in [0, 0.1) is 12.7 Å². The van der Waals surface area contributed by atoms with Gasteiger partial charge in [-0.1, -0.05) is 5.16 Å². The lowest BCUT2D eigenvalue weighted by atomic mass is 10.0. The van der Waals surface area contributed by atoms with Crippen molar-refractivity contribution in [2.45, 2.75) is 26.3 Å². The maximum atomic E-state index is 14.1. The van der Waals surface area contributed by atoms with E-state index in [4.69, 9.17) is 4.52 Å². The van der Waals surface area contributed by atoms with Crippen LogP contribution in [0.4, 0.5) is 20.6 Å². The molecular weight excluding hydrogens is 315 g/mol. The van der Waals surface area contributed by atoms with E-state index in [0.29, 0.717) is 30.0 Å². The second-order valence-corrected chi connectivity index (χ2v) is 5.75. The minimum atomic E-state index is -0.602. The van der Waals surface area contributed by atoms with E-state index in [1.54, 1.807) is 26.1 Å². The number of halogens is 1. The van der Waals surface area contributed by atoms with Crippen molar-refractivity contribution in [3.05, 3.63) is 41.0 Å². The molecule has 0 fully saturated rings. The molecule has 1 aromatic heterocycles. The van der Waals surface area contributed by atoms with Gasteiger partial charge >= 0.3 is 6.03 Å². The van der Waals surface area contributed by atoms with Crippen molar-refractivity contribution in [2.24, 2.45) is 0 Å². The lowest BCUT2D eigenvalue weighted by Gasteiger charge is -2.20. The Hall–Kier alpha value is -2.90. The second kappa shape index (κ2) is 6.31. The molecule has 0 unspecified atom stereocenters.